The van der Waals surface area contributed by atoms with Gasteiger partial charge in [0.05, 0.1) is 31.3 Å². The van der Waals surface area contributed by atoms with E-state index < -0.39 is 6.29 Å². The molecular formula is C34H36N4O5. The topological polar surface area (TPSA) is 94.2 Å². The number of anilines is 1. The molecule has 222 valence electrons. The van der Waals surface area contributed by atoms with Crippen LogP contribution in [0.25, 0.3) is 10.9 Å². The van der Waals surface area contributed by atoms with E-state index in [2.05, 4.69) is 63.8 Å². The number of amides is 2. The maximum Gasteiger partial charge on any atom is 0.319 e. The third kappa shape index (κ3) is 5.94. The fraction of sp³-hybridized carbons (Fsp3) is 0.294. The van der Waals surface area contributed by atoms with Gasteiger partial charge in [0.25, 0.3) is 0 Å². The van der Waals surface area contributed by atoms with Crippen LogP contribution in [-0.2, 0) is 15.9 Å². The SMILES string of the molecule is COc1cc2c(cc1OC)C(C(c1cccc(C)c1)C1OC=CO1)N(CCNC(=O)Nc1ccnc3ccccc13)CC2. The van der Waals surface area contributed by atoms with Crippen molar-refractivity contribution < 1.29 is 23.7 Å². The third-order valence-electron chi connectivity index (χ3n) is 8.15. The molecule has 2 aliphatic heterocycles. The number of fused-ring (bicyclic) bond motifs is 2. The maximum atomic E-state index is 13.0. The standard InChI is InChI=1S/C34H36N4O5/c1-22-7-6-8-24(19-22)31(33-42-17-18-43-33)32-26-21-30(41-3)29(40-2)20-23(26)12-15-38(32)16-14-36-34(39)37-28-11-13-35-27-10-5-4-9-25(27)28/h4-11,13,17-21,31-33H,12,14-16H2,1-3H3,(H2,35,36,37,39). The Hall–Kier alpha value is -4.76. The minimum absolute atomic E-state index is 0.121. The molecule has 1 aromatic heterocycles. The van der Waals surface area contributed by atoms with Gasteiger partial charge >= 0.3 is 6.03 Å². The van der Waals surface area contributed by atoms with Crippen molar-refractivity contribution in [2.45, 2.75) is 31.6 Å². The fourth-order valence-corrected chi connectivity index (χ4v) is 6.17. The number of hydrogen-bond acceptors (Lipinski definition) is 7. The molecule has 0 saturated carbocycles. The Labute approximate surface area is 251 Å². The van der Waals surface area contributed by atoms with Crippen molar-refractivity contribution in [1.82, 2.24) is 15.2 Å². The Kier molecular flexibility index (Phi) is 8.33. The van der Waals surface area contributed by atoms with Gasteiger partial charge in [-0.2, -0.15) is 0 Å². The third-order valence-corrected chi connectivity index (χ3v) is 8.15. The van der Waals surface area contributed by atoms with Crippen molar-refractivity contribution >= 4 is 22.6 Å². The molecule has 0 saturated heterocycles. The lowest BCUT2D eigenvalue weighted by Gasteiger charge is -2.43. The van der Waals surface area contributed by atoms with Gasteiger partial charge in [-0.15, -0.1) is 0 Å². The van der Waals surface area contributed by atoms with E-state index >= 15 is 0 Å². The van der Waals surface area contributed by atoms with E-state index in [1.54, 1.807) is 32.9 Å². The number of aryl methyl sites for hydroxylation is 1. The van der Waals surface area contributed by atoms with Gasteiger partial charge in [0.15, 0.2) is 11.5 Å². The van der Waals surface area contributed by atoms with Crippen LogP contribution in [0, 0.1) is 6.92 Å². The van der Waals surface area contributed by atoms with Gasteiger partial charge in [-0.3, -0.25) is 9.88 Å². The van der Waals surface area contributed by atoms with Crippen molar-refractivity contribution in [2.24, 2.45) is 0 Å². The second kappa shape index (κ2) is 12.6. The van der Waals surface area contributed by atoms with Crippen LogP contribution >= 0.6 is 0 Å². The summed E-state index contributed by atoms with van der Waals surface area (Å²) in [6.07, 6.45) is 5.22. The Morgan fingerprint density at radius 2 is 1.81 bits per heavy atom. The van der Waals surface area contributed by atoms with Crippen LogP contribution in [0.5, 0.6) is 11.5 Å². The molecule has 6 rings (SSSR count). The van der Waals surface area contributed by atoms with E-state index in [9.17, 15) is 4.79 Å². The summed E-state index contributed by atoms with van der Waals surface area (Å²) < 4.78 is 23.4. The lowest BCUT2D eigenvalue weighted by Crippen LogP contribution is -2.45. The van der Waals surface area contributed by atoms with Crippen LogP contribution in [0.2, 0.25) is 0 Å². The molecule has 2 atom stereocenters. The maximum absolute atomic E-state index is 13.0. The largest absolute Gasteiger partial charge is 0.493 e. The number of para-hydroxylation sites is 1. The second-order valence-electron chi connectivity index (χ2n) is 10.7. The van der Waals surface area contributed by atoms with Crippen molar-refractivity contribution in [3.63, 3.8) is 0 Å². The first-order valence-electron chi connectivity index (χ1n) is 14.5. The number of pyridine rings is 1. The first-order chi connectivity index (χ1) is 21.1. The normalized spacial score (nSPS) is 17.0. The van der Waals surface area contributed by atoms with E-state index in [-0.39, 0.29) is 18.0 Å². The van der Waals surface area contributed by atoms with Crippen LogP contribution in [0.4, 0.5) is 10.5 Å². The van der Waals surface area contributed by atoms with E-state index in [1.165, 1.54) is 5.56 Å². The van der Waals surface area contributed by atoms with E-state index in [0.717, 1.165) is 46.2 Å². The zero-order valence-electron chi connectivity index (χ0n) is 24.6. The molecule has 2 N–H and O–H groups in total. The molecule has 0 bridgehead atoms. The van der Waals surface area contributed by atoms with Gasteiger partial charge in [0.2, 0.25) is 6.29 Å². The summed E-state index contributed by atoms with van der Waals surface area (Å²) in [7, 11) is 3.31. The first-order valence-corrected chi connectivity index (χ1v) is 14.5. The van der Waals surface area contributed by atoms with Crippen molar-refractivity contribution in [2.75, 3.05) is 39.2 Å². The van der Waals surface area contributed by atoms with Gasteiger partial charge in [-0.25, -0.2) is 4.79 Å². The van der Waals surface area contributed by atoms with Crippen molar-refractivity contribution in [3.05, 3.63) is 108 Å². The average Bonchev–Trinajstić information content (AvgIpc) is 3.56. The minimum atomic E-state index is -0.510. The highest BCUT2D eigenvalue weighted by molar-refractivity contribution is 6.00. The lowest BCUT2D eigenvalue weighted by atomic mass is 9.80. The summed E-state index contributed by atoms with van der Waals surface area (Å²) in [5.74, 6) is 1.21. The molecule has 9 nitrogen and oxygen atoms in total. The van der Waals surface area contributed by atoms with E-state index in [4.69, 9.17) is 18.9 Å². The predicted molar refractivity (Wildman–Crippen MR) is 165 cm³/mol. The van der Waals surface area contributed by atoms with Crippen LogP contribution in [-0.4, -0.2) is 56.1 Å². The number of carbonyl (C=O) groups excluding carboxylic acids is 1. The van der Waals surface area contributed by atoms with Crippen LogP contribution in [0.15, 0.2) is 85.5 Å². The molecule has 3 heterocycles. The average molecular weight is 581 g/mol. The molecule has 3 aromatic carbocycles. The minimum Gasteiger partial charge on any atom is -0.493 e. The van der Waals surface area contributed by atoms with Gasteiger partial charge in [0.1, 0.15) is 12.5 Å². The van der Waals surface area contributed by atoms with Gasteiger partial charge in [-0.1, -0.05) is 48.0 Å². The van der Waals surface area contributed by atoms with Gasteiger partial charge in [0, 0.05) is 37.3 Å². The number of methoxy groups -OCH3 is 2. The Morgan fingerprint density at radius 3 is 2.60 bits per heavy atom. The fourth-order valence-electron chi connectivity index (χ4n) is 6.17. The molecule has 9 heteroatoms. The molecule has 0 radical (unpaired) electrons. The first kappa shape index (κ1) is 28.4. The predicted octanol–water partition coefficient (Wildman–Crippen LogP) is 5.91. The summed E-state index contributed by atoms with van der Waals surface area (Å²) >= 11 is 0. The number of nitrogens with zero attached hydrogens (tertiary/aromatic N) is 2. The smallest absolute Gasteiger partial charge is 0.319 e. The molecule has 2 aliphatic rings. The van der Waals surface area contributed by atoms with Gasteiger partial charge < -0.3 is 29.6 Å². The number of ether oxygens (including phenoxy) is 4. The molecular weight excluding hydrogens is 544 g/mol. The molecule has 43 heavy (non-hydrogen) atoms. The molecule has 2 unspecified atom stereocenters. The summed E-state index contributed by atoms with van der Waals surface area (Å²) in [4.78, 5) is 19.8. The van der Waals surface area contributed by atoms with Crippen molar-refractivity contribution in [3.8, 4) is 11.5 Å². The number of nitrogens with one attached hydrogen (secondary N) is 2. The summed E-state index contributed by atoms with van der Waals surface area (Å²) in [5, 5.41) is 6.94. The number of urea groups is 1. The Balaban J connectivity index is 1.28. The van der Waals surface area contributed by atoms with Crippen LogP contribution in [0.1, 0.15) is 34.2 Å². The number of carbonyl (C=O) groups is 1. The monoisotopic (exact) mass is 580 g/mol. The molecule has 4 aromatic rings. The number of hydrogen-bond donors (Lipinski definition) is 2. The quantitative estimate of drug-likeness (QED) is 0.254. The molecule has 0 aliphatic carbocycles. The summed E-state index contributed by atoms with van der Waals surface area (Å²) in [6.45, 7) is 3.93. The van der Waals surface area contributed by atoms with E-state index in [0.29, 0.717) is 24.6 Å². The van der Waals surface area contributed by atoms with Crippen LogP contribution in [0.3, 0.4) is 0 Å². The molecule has 0 fully saturated rings. The van der Waals surface area contributed by atoms with Crippen molar-refractivity contribution in [1.29, 1.82) is 0 Å². The highest BCUT2D eigenvalue weighted by atomic mass is 16.7. The van der Waals surface area contributed by atoms with Gasteiger partial charge in [-0.05, 0) is 54.3 Å². The van der Waals surface area contributed by atoms with E-state index in [1.807, 2.05) is 30.3 Å². The molecule has 0 spiro atoms. The summed E-state index contributed by atoms with van der Waals surface area (Å²) in [5.41, 5.74) is 6.14. The number of aromatic nitrogens is 1. The molecule has 2 amide bonds. The Bertz CT molecular complexity index is 1630. The zero-order valence-corrected chi connectivity index (χ0v) is 24.6. The Morgan fingerprint density at radius 1 is 1.02 bits per heavy atom. The highest BCUT2D eigenvalue weighted by Crippen LogP contribution is 2.47. The highest BCUT2D eigenvalue weighted by Gasteiger charge is 2.42. The van der Waals surface area contributed by atoms with Crippen LogP contribution < -0.4 is 20.1 Å². The number of rotatable bonds is 9. The second-order valence-corrected chi connectivity index (χ2v) is 10.7. The number of benzene rings is 3. The zero-order chi connectivity index (χ0) is 29.8. The lowest BCUT2D eigenvalue weighted by molar-refractivity contribution is -0.0668. The summed E-state index contributed by atoms with van der Waals surface area (Å²) in [6, 6.07) is 21.8.